The van der Waals surface area contributed by atoms with Crippen molar-refractivity contribution >= 4 is 35.0 Å². The van der Waals surface area contributed by atoms with Crippen molar-refractivity contribution in [2.45, 2.75) is 45.7 Å². The first-order chi connectivity index (χ1) is 17.4. The third kappa shape index (κ3) is 8.00. The fraction of sp³-hybridized carbons (Fsp3) is 0.310. The van der Waals surface area contributed by atoms with E-state index in [0.717, 1.165) is 29.5 Å². The van der Waals surface area contributed by atoms with Crippen molar-refractivity contribution in [1.82, 2.24) is 10.2 Å². The van der Waals surface area contributed by atoms with Crippen molar-refractivity contribution < 1.29 is 14.3 Å². The van der Waals surface area contributed by atoms with Crippen molar-refractivity contribution in [2.24, 2.45) is 0 Å². The molecule has 5 nitrogen and oxygen atoms in total. The van der Waals surface area contributed by atoms with E-state index in [-0.39, 0.29) is 25.0 Å². The van der Waals surface area contributed by atoms with E-state index in [0.29, 0.717) is 28.8 Å². The van der Waals surface area contributed by atoms with Gasteiger partial charge in [-0.3, -0.25) is 9.59 Å². The molecular weight excluding hydrogens is 495 g/mol. The van der Waals surface area contributed by atoms with Gasteiger partial charge in [-0.1, -0.05) is 85.1 Å². The van der Waals surface area contributed by atoms with Crippen molar-refractivity contribution in [3.63, 3.8) is 0 Å². The van der Waals surface area contributed by atoms with E-state index < -0.39 is 6.04 Å². The van der Waals surface area contributed by atoms with Crippen LogP contribution in [0.3, 0.4) is 0 Å². The van der Waals surface area contributed by atoms with Crippen LogP contribution in [0.2, 0.25) is 10.0 Å². The molecule has 0 aliphatic rings. The molecule has 1 N–H and O–H groups in total. The van der Waals surface area contributed by atoms with Crippen LogP contribution in [0.25, 0.3) is 0 Å². The number of unbranched alkanes of at least 4 members (excludes halogenated alkanes) is 1. The Bertz CT molecular complexity index is 1150. The van der Waals surface area contributed by atoms with Gasteiger partial charge in [-0.2, -0.15) is 0 Å². The molecule has 0 radical (unpaired) electrons. The summed E-state index contributed by atoms with van der Waals surface area (Å²) in [6.45, 7) is 4.45. The number of nitrogens with zero attached hydrogens (tertiary/aromatic N) is 1. The lowest BCUT2D eigenvalue weighted by atomic mass is 10.0. The number of hydrogen-bond acceptors (Lipinski definition) is 3. The molecule has 36 heavy (non-hydrogen) atoms. The number of ether oxygens (including phenoxy) is 1. The summed E-state index contributed by atoms with van der Waals surface area (Å²) in [5, 5.41) is 4.17. The molecule has 3 aromatic carbocycles. The summed E-state index contributed by atoms with van der Waals surface area (Å²) in [6, 6.07) is 21.5. The highest BCUT2D eigenvalue weighted by Gasteiger charge is 2.31. The third-order valence-electron chi connectivity index (χ3n) is 5.89. The Morgan fingerprint density at radius 3 is 2.39 bits per heavy atom. The molecule has 0 saturated carbocycles. The summed E-state index contributed by atoms with van der Waals surface area (Å²) in [5.41, 5.74) is 2.57. The normalized spacial score (nSPS) is 11.6. The highest BCUT2D eigenvalue weighted by atomic mass is 35.5. The van der Waals surface area contributed by atoms with Gasteiger partial charge in [0.25, 0.3) is 5.91 Å². The SMILES string of the molecule is CCCCNC(=O)[C@@H](Cc1ccccc1)N(Cc1ccccc1Cl)C(=O)COc1ccc(Cl)c(C)c1. The zero-order valence-electron chi connectivity index (χ0n) is 20.7. The highest BCUT2D eigenvalue weighted by Crippen LogP contribution is 2.23. The minimum Gasteiger partial charge on any atom is -0.484 e. The maximum Gasteiger partial charge on any atom is 0.261 e. The quantitative estimate of drug-likeness (QED) is 0.284. The molecule has 190 valence electrons. The minimum absolute atomic E-state index is 0.181. The fourth-order valence-corrected chi connectivity index (χ4v) is 4.12. The lowest BCUT2D eigenvalue weighted by Crippen LogP contribution is -2.51. The zero-order valence-corrected chi connectivity index (χ0v) is 22.2. The molecule has 3 aromatic rings. The van der Waals surface area contributed by atoms with E-state index in [1.807, 2.05) is 55.5 Å². The number of halogens is 2. The number of aryl methyl sites for hydroxylation is 1. The second kappa shape index (κ2) is 13.9. The summed E-state index contributed by atoms with van der Waals surface area (Å²) in [7, 11) is 0. The Morgan fingerprint density at radius 1 is 0.972 bits per heavy atom. The molecule has 0 fully saturated rings. The zero-order chi connectivity index (χ0) is 25.9. The smallest absolute Gasteiger partial charge is 0.261 e. The van der Waals surface area contributed by atoms with E-state index in [2.05, 4.69) is 12.2 Å². The molecular formula is C29H32Cl2N2O3. The predicted molar refractivity (Wildman–Crippen MR) is 146 cm³/mol. The number of amides is 2. The van der Waals surface area contributed by atoms with Crippen molar-refractivity contribution in [1.29, 1.82) is 0 Å². The van der Waals surface area contributed by atoms with Crippen LogP contribution in [0.4, 0.5) is 0 Å². The Hall–Kier alpha value is -3.02. The second-order valence-electron chi connectivity index (χ2n) is 8.66. The average molecular weight is 527 g/mol. The number of carbonyl (C=O) groups is 2. The van der Waals surface area contributed by atoms with Crippen LogP contribution >= 0.6 is 23.2 Å². The first-order valence-corrected chi connectivity index (χ1v) is 12.9. The largest absolute Gasteiger partial charge is 0.484 e. The van der Waals surface area contributed by atoms with Gasteiger partial charge < -0.3 is 15.0 Å². The fourth-order valence-electron chi connectivity index (χ4n) is 3.81. The minimum atomic E-state index is -0.733. The van der Waals surface area contributed by atoms with E-state index in [9.17, 15) is 9.59 Å². The van der Waals surface area contributed by atoms with Gasteiger partial charge in [-0.25, -0.2) is 0 Å². The molecule has 0 spiro atoms. The van der Waals surface area contributed by atoms with E-state index >= 15 is 0 Å². The summed E-state index contributed by atoms with van der Waals surface area (Å²) in [5.74, 6) is 0.0269. The van der Waals surface area contributed by atoms with Gasteiger partial charge in [0.1, 0.15) is 11.8 Å². The summed E-state index contributed by atoms with van der Waals surface area (Å²) in [6.07, 6.45) is 2.19. The van der Waals surface area contributed by atoms with Crippen LogP contribution in [-0.2, 0) is 22.6 Å². The van der Waals surface area contributed by atoms with Gasteiger partial charge in [0.15, 0.2) is 6.61 Å². The monoisotopic (exact) mass is 526 g/mol. The molecule has 0 aromatic heterocycles. The van der Waals surface area contributed by atoms with E-state index in [4.69, 9.17) is 27.9 Å². The number of carbonyl (C=O) groups excluding carboxylic acids is 2. The Kier molecular flexibility index (Phi) is 10.6. The molecule has 0 aliphatic carbocycles. The lowest BCUT2D eigenvalue weighted by Gasteiger charge is -2.31. The number of nitrogens with one attached hydrogen (secondary N) is 1. The molecule has 0 heterocycles. The van der Waals surface area contributed by atoms with Crippen LogP contribution in [0.1, 0.15) is 36.5 Å². The molecule has 3 rings (SSSR count). The summed E-state index contributed by atoms with van der Waals surface area (Å²) < 4.78 is 5.82. The van der Waals surface area contributed by atoms with Crippen LogP contribution < -0.4 is 10.1 Å². The molecule has 0 bridgehead atoms. The number of benzene rings is 3. The first-order valence-electron chi connectivity index (χ1n) is 12.1. The maximum atomic E-state index is 13.6. The van der Waals surface area contributed by atoms with Gasteiger partial charge in [0, 0.05) is 29.6 Å². The van der Waals surface area contributed by atoms with Gasteiger partial charge in [-0.15, -0.1) is 0 Å². The Morgan fingerprint density at radius 2 is 1.69 bits per heavy atom. The Labute approximate surface area is 223 Å². The first kappa shape index (κ1) is 27.6. The molecule has 1 atom stereocenters. The van der Waals surface area contributed by atoms with Crippen LogP contribution in [-0.4, -0.2) is 35.9 Å². The van der Waals surface area contributed by atoms with Gasteiger partial charge in [-0.05, 0) is 54.3 Å². The summed E-state index contributed by atoms with van der Waals surface area (Å²) >= 11 is 12.6. The van der Waals surface area contributed by atoms with Crippen LogP contribution in [0.5, 0.6) is 5.75 Å². The molecule has 7 heteroatoms. The third-order valence-corrected chi connectivity index (χ3v) is 6.68. The van der Waals surface area contributed by atoms with Crippen LogP contribution in [0, 0.1) is 6.92 Å². The standard InChI is InChI=1S/C29H32Cl2N2O3/c1-3-4-16-32-29(35)27(18-22-10-6-5-7-11-22)33(19-23-12-8-9-13-26(23)31)28(34)20-36-24-14-15-25(30)21(2)17-24/h5-15,17,27H,3-4,16,18-20H2,1-2H3,(H,32,35)/t27-/m1/s1. The Balaban J connectivity index is 1.89. The predicted octanol–water partition coefficient (Wildman–Crippen LogP) is 6.24. The van der Waals surface area contributed by atoms with Crippen molar-refractivity contribution in [3.05, 3.63) is 99.5 Å². The second-order valence-corrected chi connectivity index (χ2v) is 9.48. The number of hydrogen-bond donors (Lipinski definition) is 1. The van der Waals surface area contributed by atoms with Crippen molar-refractivity contribution in [3.8, 4) is 5.75 Å². The number of rotatable bonds is 12. The van der Waals surface area contributed by atoms with Gasteiger partial charge >= 0.3 is 0 Å². The highest BCUT2D eigenvalue weighted by molar-refractivity contribution is 6.31. The van der Waals surface area contributed by atoms with Gasteiger partial charge in [0.2, 0.25) is 5.91 Å². The van der Waals surface area contributed by atoms with E-state index in [1.165, 1.54) is 0 Å². The van der Waals surface area contributed by atoms with Gasteiger partial charge in [0.05, 0.1) is 0 Å². The van der Waals surface area contributed by atoms with Crippen LogP contribution in [0.15, 0.2) is 72.8 Å². The van der Waals surface area contributed by atoms with Crippen molar-refractivity contribution in [2.75, 3.05) is 13.2 Å². The molecule has 0 aliphatic heterocycles. The molecule has 0 saturated heterocycles. The lowest BCUT2D eigenvalue weighted by molar-refractivity contribution is -0.142. The van der Waals surface area contributed by atoms with E-state index in [1.54, 1.807) is 29.2 Å². The topological polar surface area (TPSA) is 58.6 Å². The maximum absolute atomic E-state index is 13.6. The summed E-state index contributed by atoms with van der Waals surface area (Å²) in [4.78, 5) is 28.6. The average Bonchev–Trinajstić information content (AvgIpc) is 2.88. The molecule has 0 unspecified atom stereocenters. The molecule has 2 amide bonds.